The van der Waals surface area contributed by atoms with E-state index in [1.807, 2.05) is 25.1 Å². The molecule has 0 bridgehead atoms. The standard InChI is InChI=1S/C29H35N5O3/c1-18(2)24(19(3)4)16-22-9-11-23(12-10-22)30-33-27-15-21(6)26(17-29(27)37-7)32-31-25-13-8-20(5)14-28(25)34(35)36/h8-15,17-19,24H,16H2,1-7H3. The quantitative estimate of drug-likeness (QED) is 0.157. The van der Waals surface area contributed by atoms with Crippen LogP contribution in [0.25, 0.3) is 0 Å². The van der Waals surface area contributed by atoms with Crippen molar-refractivity contribution in [1.29, 1.82) is 0 Å². The molecule has 0 N–H and O–H groups in total. The second-order valence-electron chi connectivity index (χ2n) is 9.98. The number of nitro groups is 1. The Labute approximate surface area is 218 Å². The number of hydrogen-bond acceptors (Lipinski definition) is 7. The summed E-state index contributed by atoms with van der Waals surface area (Å²) in [6, 6.07) is 16.5. The number of nitrogens with zero attached hydrogens (tertiary/aromatic N) is 5. The maximum Gasteiger partial charge on any atom is 0.296 e. The minimum absolute atomic E-state index is 0.0891. The maximum absolute atomic E-state index is 11.4. The van der Waals surface area contributed by atoms with Gasteiger partial charge in [0.1, 0.15) is 11.4 Å². The summed E-state index contributed by atoms with van der Waals surface area (Å²) in [6.07, 6.45) is 1.04. The third-order valence-corrected chi connectivity index (χ3v) is 6.48. The molecule has 3 aromatic carbocycles. The van der Waals surface area contributed by atoms with Crippen LogP contribution in [0.2, 0.25) is 0 Å². The molecule has 0 fully saturated rings. The highest BCUT2D eigenvalue weighted by molar-refractivity contribution is 5.64. The number of nitro benzene ring substituents is 1. The van der Waals surface area contributed by atoms with Gasteiger partial charge in [-0.3, -0.25) is 10.1 Å². The van der Waals surface area contributed by atoms with Crippen molar-refractivity contribution >= 4 is 28.4 Å². The minimum atomic E-state index is -0.461. The molecule has 0 aliphatic heterocycles. The lowest BCUT2D eigenvalue weighted by atomic mass is 9.81. The van der Waals surface area contributed by atoms with Crippen LogP contribution >= 0.6 is 0 Å². The molecule has 0 atom stereocenters. The topological polar surface area (TPSA) is 102 Å². The fraction of sp³-hybridized carbons (Fsp3) is 0.379. The van der Waals surface area contributed by atoms with Crippen molar-refractivity contribution < 1.29 is 9.66 Å². The summed E-state index contributed by atoms with van der Waals surface area (Å²) in [4.78, 5) is 10.9. The molecule has 8 heteroatoms. The van der Waals surface area contributed by atoms with E-state index >= 15 is 0 Å². The molecule has 0 heterocycles. The molecule has 0 saturated heterocycles. The van der Waals surface area contributed by atoms with Gasteiger partial charge in [-0.05, 0) is 79.0 Å². The van der Waals surface area contributed by atoms with Gasteiger partial charge in [-0.15, -0.1) is 15.3 Å². The van der Waals surface area contributed by atoms with Crippen LogP contribution in [-0.2, 0) is 6.42 Å². The molecule has 0 aliphatic rings. The zero-order valence-electron chi connectivity index (χ0n) is 22.6. The summed E-state index contributed by atoms with van der Waals surface area (Å²) < 4.78 is 5.50. The molecule has 37 heavy (non-hydrogen) atoms. The first-order chi connectivity index (χ1) is 17.6. The number of ether oxygens (including phenoxy) is 1. The van der Waals surface area contributed by atoms with E-state index in [2.05, 4.69) is 60.3 Å². The lowest BCUT2D eigenvalue weighted by Crippen LogP contribution is -2.18. The third-order valence-electron chi connectivity index (χ3n) is 6.48. The molecule has 0 unspecified atom stereocenters. The van der Waals surface area contributed by atoms with E-state index in [1.54, 1.807) is 32.2 Å². The van der Waals surface area contributed by atoms with Crippen LogP contribution in [-0.4, -0.2) is 12.0 Å². The van der Waals surface area contributed by atoms with Gasteiger partial charge in [0, 0.05) is 12.1 Å². The molecule has 194 valence electrons. The van der Waals surface area contributed by atoms with Gasteiger partial charge in [0.25, 0.3) is 5.69 Å². The summed E-state index contributed by atoms with van der Waals surface area (Å²) in [5.74, 6) is 2.37. The van der Waals surface area contributed by atoms with Crippen molar-refractivity contribution in [3.05, 3.63) is 81.4 Å². The van der Waals surface area contributed by atoms with Crippen molar-refractivity contribution in [2.45, 2.75) is 48.0 Å². The van der Waals surface area contributed by atoms with E-state index in [0.29, 0.717) is 34.9 Å². The first-order valence-corrected chi connectivity index (χ1v) is 12.4. The van der Waals surface area contributed by atoms with Crippen molar-refractivity contribution in [3.8, 4) is 5.75 Å². The van der Waals surface area contributed by atoms with Crippen LogP contribution in [0.5, 0.6) is 5.75 Å². The number of aryl methyl sites for hydroxylation is 2. The number of methoxy groups -OCH3 is 1. The Kier molecular flexibility index (Phi) is 9.22. The summed E-state index contributed by atoms with van der Waals surface area (Å²) in [5.41, 5.74) is 4.81. The smallest absolute Gasteiger partial charge is 0.296 e. The van der Waals surface area contributed by atoms with E-state index in [1.165, 1.54) is 11.6 Å². The number of azo groups is 2. The van der Waals surface area contributed by atoms with Gasteiger partial charge in [-0.2, -0.15) is 5.11 Å². The van der Waals surface area contributed by atoms with Gasteiger partial charge in [-0.1, -0.05) is 45.9 Å². The highest BCUT2D eigenvalue weighted by Gasteiger charge is 2.18. The Hall–Kier alpha value is -3.94. The Balaban J connectivity index is 1.80. The molecule has 3 aromatic rings. The first-order valence-electron chi connectivity index (χ1n) is 12.4. The Morgan fingerprint density at radius 2 is 1.43 bits per heavy atom. The van der Waals surface area contributed by atoms with Crippen LogP contribution in [0.15, 0.2) is 75.1 Å². The average Bonchev–Trinajstić information content (AvgIpc) is 2.86. The predicted molar refractivity (Wildman–Crippen MR) is 147 cm³/mol. The van der Waals surface area contributed by atoms with Crippen molar-refractivity contribution in [3.63, 3.8) is 0 Å². The van der Waals surface area contributed by atoms with Crippen LogP contribution in [0, 0.1) is 41.7 Å². The summed E-state index contributed by atoms with van der Waals surface area (Å²) >= 11 is 0. The highest BCUT2D eigenvalue weighted by Crippen LogP contribution is 2.37. The molecule has 0 aliphatic carbocycles. The van der Waals surface area contributed by atoms with Crippen molar-refractivity contribution in [1.82, 2.24) is 0 Å². The Bertz CT molecular complexity index is 1290. The molecular formula is C29H35N5O3. The van der Waals surface area contributed by atoms with Crippen LogP contribution in [0.3, 0.4) is 0 Å². The molecule has 8 nitrogen and oxygen atoms in total. The van der Waals surface area contributed by atoms with E-state index in [-0.39, 0.29) is 11.4 Å². The molecule has 0 aromatic heterocycles. The fourth-order valence-electron chi connectivity index (χ4n) is 4.31. The molecule has 3 rings (SSSR count). The lowest BCUT2D eigenvalue weighted by Gasteiger charge is -2.24. The molecule has 0 saturated carbocycles. The number of hydrogen-bond donors (Lipinski definition) is 0. The Morgan fingerprint density at radius 1 is 0.811 bits per heavy atom. The molecule has 0 spiro atoms. The van der Waals surface area contributed by atoms with E-state index in [0.717, 1.165) is 23.2 Å². The van der Waals surface area contributed by atoms with Gasteiger partial charge < -0.3 is 4.74 Å². The zero-order valence-corrected chi connectivity index (χ0v) is 22.6. The SMILES string of the molecule is COc1cc(N=Nc2ccc(C)cc2[N+](=O)[O-])c(C)cc1N=Nc1ccc(CC(C(C)C)C(C)C)cc1. The van der Waals surface area contributed by atoms with Crippen molar-refractivity contribution in [2.75, 3.05) is 7.11 Å². The third kappa shape index (κ3) is 7.29. The molecular weight excluding hydrogens is 466 g/mol. The van der Waals surface area contributed by atoms with Gasteiger partial charge >= 0.3 is 0 Å². The van der Waals surface area contributed by atoms with E-state index in [4.69, 9.17) is 4.74 Å². The average molecular weight is 502 g/mol. The zero-order chi connectivity index (χ0) is 27.1. The second-order valence-corrected chi connectivity index (χ2v) is 9.98. The molecule has 0 radical (unpaired) electrons. The number of benzene rings is 3. The minimum Gasteiger partial charge on any atom is -0.494 e. The fourth-order valence-corrected chi connectivity index (χ4v) is 4.31. The van der Waals surface area contributed by atoms with Crippen LogP contribution in [0.4, 0.5) is 28.4 Å². The number of rotatable bonds is 10. The maximum atomic E-state index is 11.4. The van der Waals surface area contributed by atoms with Crippen molar-refractivity contribution in [2.24, 2.45) is 38.2 Å². The van der Waals surface area contributed by atoms with Gasteiger partial charge in [0.05, 0.1) is 23.4 Å². The van der Waals surface area contributed by atoms with E-state index < -0.39 is 4.92 Å². The summed E-state index contributed by atoms with van der Waals surface area (Å²) in [7, 11) is 1.55. The van der Waals surface area contributed by atoms with Gasteiger partial charge in [0.2, 0.25) is 0 Å². The van der Waals surface area contributed by atoms with Gasteiger partial charge in [0.15, 0.2) is 5.69 Å². The molecule has 0 amide bonds. The normalized spacial score (nSPS) is 11.9. The monoisotopic (exact) mass is 501 g/mol. The van der Waals surface area contributed by atoms with Crippen LogP contribution < -0.4 is 4.74 Å². The predicted octanol–water partition coefficient (Wildman–Crippen LogP) is 9.52. The largest absolute Gasteiger partial charge is 0.494 e. The van der Waals surface area contributed by atoms with E-state index in [9.17, 15) is 10.1 Å². The Morgan fingerprint density at radius 3 is 2.03 bits per heavy atom. The van der Waals surface area contributed by atoms with Gasteiger partial charge in [-0.25, -0.2) is 0 Å². The van der Waals surface area contributed by atoms with Crippen LogP contribution in [0.1, 0.15) is 44.4 Å². The summed E-state index contributed by atoms with van der Waals surface area (Å²) in [6.45, 7) is 12.8. The second kappa shape index (κ2) is 12.3. The lowest BCUT2D eigenvalue weighted by molar-refractivity contribution is -0.384. The first kappa shape index (κ1) is 27.6. The highest BCUT2D eigenvalue weighted by atomic mass is 16.6. The summed E-state index contributed by atoms with van der Waals surface area (Å²) in [5, 5.41) is 28.5.